The first-order valence-electron chi connectivity index (χ1n) is 9.34. The second-order valence-electron chi connectivity index (χ2n) is 8.42. The number of hydrogen-bond donors (Lipinski definition) is 3. The molecular weight excluding hydrogens is 316 g/mol. The highest BCUT2D eigenvalue weighted by Crippen LogP contribution is 2.59. The largest absolute Gasteiger partial charge is 0.393 e. The van der Waals surface area contributed by atoms with Gasteiger partial charge in [0.1, 0.15) is 5.60 Å². The van der Waals surface area contributed by atoms with E-state index in [9.17, 15) is 20.1 Å². The van der Waals surface area contributed by atoms with Crippen LogP contribution in [0.3, 0.4) is 0 Å². The fourth-order valence-corrected chi connectivity index (χ4v) is 5.28. The molecule has 3 rings (SSSR count). The van der Waals surface area contributed by atoms with Crippen LogP contribution in [0.25, 0.3) is 0 Å². The lowest BCUT2D eigenvalue weighted by atomic mass is 9.60. The van der Waals surface area contributed by atoms with Crippen molar-refractivity contribution in [2.75, 3.05) is 0 Å². The molecule has 5 atom stereocenters. The van der Waals surface area contributed by atoms with Gasteiger partial charge in [-0.2, -0.15) is 0 Å². The summed E-state index contributed by atoms with van der Waals surface area (Å²) in [5.74, 6) is -0.100. The zero-order valence-corrected chi connectivity index (χ0v) is 15.3. The Hall–Kier alpha value is -1.23. The minimum absolute atomic E-state index is 0.100. The first-order chi connectivity index (χ1) is 11.7. The Morgan fingerprint density at radius 3 is 2.60 bits per heavy atom. The van der Waals surface area contributed by atoms with Crippen LogP contribution in [-0.4, -0.2) is 38.9 Å². The summed E-state index contributed by atoms with van der Waals surface area (Å²) < 4.78 is 0. The maximum Gasteiger partial charge on any atom is 0.161 e. The smallest absolute Gasteiger partial charge is 0.161 e. The summed E-state index contributed by atoms with van der Waals surface area (Å²) in [6, 6.07) is 0. The molecule has 0 heterocycles. The van der Waals surface area contributed by atoms with Gasteiger partial charge in [0.2, 0.25) is 0 Å². The van der Waals surface area contributed by atoms with Gasteiger partial charge in [-0.05, 0) is 63.4 Å². The summed E-state index contributed by atoms with van der Waals surface area (Å²) in [4.78, 5) is 12.1. The number of hydrogen-bond acceptors (Lipinski definition) is 4. The number of aliphatic hydroxyl groups excluding tert-OH is 2. The minimum Gasteiger partial charge on any atom is -0.393 e. The fraction of sp³-hybridized carbons (Fsp3) is 0.667. The number of aliphatic hydroxyl groups is 3. The SMILES string of the molecule is C=C1CC[C@H](O)C/C1=C/C=C1\C[C@H](O)C[C@@]2(C)[C@H]1CC[C@]2(O)C(C)=O. The molecule has 0 unspecified atom stereocenters. The molecule has 3 saturated carbocycles. The van der Waals surface area contributed by atoms with Gasteiger partial charge in [0, 0.05) is 5.41 Å². The standard InChI is InChI=1S/C21H30O4/c1-13-4-7-17(23)10-15(13)5-6-16-11-18(24)12-20(3)19(16)8-9-21(20,25)14(2)22/h5-6,17-19,23-25H,1,4,7-12H2,2-3H3/b15-5-,16-6+/t17-,18-,19-,20-,21-/m0/s1. The molecule has 3 fully saturated rings. The number of fused-ring (bicyclic) bond motifs is 1. The van der Waals surface area contributed by atoms with Crippen LogP contribution in [0.5, 0.6) is 0 Å². The molecule has 25 heavy (non-hydrogen) atoms. The number of ketones is 1. The topological polar surface area (TPSA) is 77.8 Å². The Morgan fingerprint density at radius 1 is 1.20 bits per heavy atom. The van der Waals surface area contributed by atoms with Gasteiger partial charge in [-0.15, -0.1) is 0 Å². The molecule has 3 N–H and O–H groups in total. The molecule has 4 nitrogen and oxygen atoms in total. The Morgan fingerprint density at radius 2 is 1.92 bits per heavy atom. The Bertz CT molecular complexity index is 646. The van der Waals surface area contributed by atoms with Crippen LogP contribution >= 0.6 is 0 Å². The van der Waals surface area contributed by atoms with E-state index < -0.39 is 17.1 Å². The quantitative estimate of drug-likeness (QED) is 0.718. The van der Waals surface area contributed by atoms with Gasteiger partial charge in [0.15, 0.2) is 5.78 Å². The zero-order valence-electron chi connectivity index (χ0n) is 15.3. The van der Waals surface area contributed by atoms with Crippen molar-refractivity contribution in [2.45, 2.75) is 76.6 Å². The molecule has 0 aromatic carbocycles. The van der Waals surface area contributed by atoms with Gasteiger partial charge in [0.25, 0.3) is 0 Å². The van der Waals surface area contributed by atoms with Crippen molar-refractivity contribution < 1.29 is 20.1 Å². The summed E-state index contributed by atoms with van der Waals surface area (Å²) in [6.45, 7) is 7.49. The van der Waals surface area contributed by atoms with Crippen molar-refractivity contribution in [3.8, 4) is 0 Å². The second-order valence-corrected chi connectivity index (χ2v) is 8.42. The molecule has 138 valence electrons. The van der Waals surface area contributed by atoms with Gasteiger partial charge in [-0.3, -0.25) is 4.79 Å². The van der Waals surface area contributed by atoms with Crippen LogP contribution in [-0.2, 0) is 4.79 Å². The van der Waals surface area contributed by atoms with Crippen LogP contribution in [0.1, 0.15) is 58.8 Å². The number of carbonyl (C=O) groups is 1. The lowest BCUT2D eigenvalue weighted by Gasteiger charge is -2.47. The van der Waals surface area contributed by atoms with Crippen LogP contribution in [0.4, 0.5) is 0 Å². The van der Waals surface area contributed by atoms with Gasteiger partial charge in [-0.25, -0.2) is 0 Å². The molecule has 0 saturated heterocycles. The predicted molar refractivity (Wildman–Crippen MR) is 96.9 cm³/mol. The van der Waals surface area contributed by atoms with Crippen LogP contribution in [0, 0.1) is 11.3 Å². The van der Waals surface area contributed by atoms with E-state index in [1.807, 2.05) is 19.1 Å². The molecule has 0 bridgehead atoms. The van der Waals surface area contributed by atoms with E-state index in [2.05, 4.69) is 6.58 Å². The van der Waals surface area contributed by atoms with Gasteiger partial charge in [-0.1, -0.05) is 36.8 Å². The lowest BCUT2D eigenvalue weighted by Crippen LogP contribution is -2.53. The van der Waals surface area contributed by atoms with Crippen LogP contribution in [0.2, 0.25) is 0 Å². The molecule has 0 aliphatic heterocycles. The van der Waals surface area contributed by atoms with E-state index in [1.54, 1.807) is 0 Å². The van der Waals surface area contributed by atoms with Crippen molar-refractivity contribution >= 4 is 5.78 Å². The molecule has 0 aromatic rings. The zero-order chi connectivity index (χ0) is 18.4. The lowest BCUT2D eigenvalue weighted by molar-refractivity contribution is -0.152. The van der Waals surface area contributed by atoms with Gasteiger partial charge >= 0.3 is 0 Å². The highest BCUT2D eigenvalue weighted by Gasteiger charge is 2.61. The van der Waals surface area contributed by atoms with Crippen molar-refractivity contribution in [2.24, 2.45) is 11.3 Å². The van der Waals surface area contributed by atoms with Crippen molar-refractivity contribution in [1.29, 1.82) is 0 Å². The summed E-state index contributed by atoms with van der Waals surface area (Å²) in [5.41, 5.74) is 1.25. The van der Waals surface area contributed by atoms with E-state index in [0.717, 1.165) is 36.0 Å². The Kier molecular flexibility index (Phi) is 4.82. The van der Waals surface area contributed by atoms with Crippen molar-refractivity contribution in [3.63, 3.8) is 0 Å². The highest BCUT2D eigenvalue weighted by molar-refractivity contribution is 5.86. The maximum absolute atomic E-state index is 12.1. The summed E-state index contributed by atoms with van der Waals surface area (Å²) >= 11 is 0. The first-order valence-corrected chi connectivity index (χ1v) is 9.34. The molecular formula is C21H30O4. The molecule has 4 heteroatoms. The first kappa shape index (κ1) is 18.6. The monoisotopic (exact) mass is 346 g/mol. The highest BCUT2D eigenvalue weighted by atomic mass is 16.3. The summed E-state index contributed by atoms with van der Waals surface area (Å²) in [5, 5.41) is 31.3. The molecule has 0 amide bonds. The molecule has 0 radical (unpaired) electrons. The fourth-order valence-electron chi connectivity index (χ4n) is 5.28. The molecule has 3 aliphatic carbocycles. The average molecular weight is 346 g/mol. The molecule has 0 aromatic heterocycles. The van der Waals surface area contributed by atoms with Crippen molar-refractivity contribution in [3.05, 3.63) is 35.5 Å². The van der Waals surface area contributed by atoms with Crippen molar-refractivity contribution in [1.82, 2.24) is 0 Å². The Balaban J connectivity index is 1.92. The number of carbonyl (C=O) groups excluding carboxylic acids is 1. The Labute approximate surface area is 149 Å². The van der Waals surface area contributed by atoms with Gasteiger partial charge < -0.3 is 15.3 Å². The third-order valence-electron chi connectivity index (χ3n) is 6.86. The van der Waals surface area contributed by atoms with E-state index in [-0.39, 0.29) is 17.8 Å². The summed E-state index contributed by atoms with van der Waals surface area (Å²) in [7, 11) is 0. The normalized spacial score (nSPS) is 45.0. The predicted octanol–water partition coefficient (Wildman–Crippen LogP) is 2.83. The number of Topliss-reactive ketones (excluding diaryl/α,β-unsaturated/α-hetero) is 1. The van der Waals surface area contributed by atoms with E-state index in [4.69, 9.17) is 0 Å². The van der Waals surface area contributed by atoms with E-state index in [0.29, 0.717) is 25.7 Å². The minimum atomic E-state index is -1.35. The number of allylic oxidation sites excluding steroid dienone is 3. The number of rotatable bonds is 2. The maximum atomic E-state index is 12.1. The third-order valence-corrected chi connectivity index (χ3v) is 6.86. The third kappa shape index (κ3) is 3.05. The van der Waals surface area contributed by atoms with Crippen LogP contribution < -0.4 is 0 Å². The van der Waals surface area contributed by atoms with E-state index >= 15 is 0 Å². The average Bonchev–Trinajstić information content (AvgIpc) is 2.80. The molecule has 3 aliphatic rings. The second kappa shape index (κ2) is 6.49. The molecule has 0 spiro atoms. The summed E-state index contributed by atoms with van der Waals surface area (Å²) in [6.07, 6.45) is 7.63. The van der Waals surface area contributed by atoms with E-state index in [1.165, 1.54) is 6.92 Å². The van der Waals surface area contributed by atoms with Crippen LogP contribution in [0.15, 0.2) is 35.5 Å². The van der Waals surface area contributed by atoms with Gasteiger partial charge in [0.05, 0.1) is 12.2 Å².